The van der Waals surface area contributed by atoms with Crippen LogP contribution in [0, 0.1) is 0 Å². The fraction of sp³-hybridized carbons (Fsp3) is 0.389. The molecule has 1 aliphatic rings. The molecule has 0 unspecified atom stereocenters. The van der Waals surface area contributed by atoms with Gasteiger partial charge in [0, 0.05) is 12.8 Å². The molecule has 0 radical (unpaired) electrons. The first kappa shape index (κ1) is 18.7. The summed E-state index contributed by atoms with van der Waals surface area (Å²) in [5.41, 5.74) is 9.80. The van der Waals surface area contributed by atoms with Gasteiger partial charge in [0.1, 0.15) is 6.04 Å². The molecule has 5 N–H and O–H groups in total. The first-order valence-corrected chi connectivity index (χ1v) is 8.07. The third-order valence-corrected chi connectivity index (χ3v) is 4.34. The molecule has 0 fully saturated rings. The van der Waals surface area contributed by atoms with Crippen LogP contribution in [0.2, 0.25) is 0 Å². The molecule has 1 aliphatic carbocycles. The molecule has 0 saturated carbocycles. The topological polar surface area (TPSA) is 130 Å². The minimum atomic E-state index is -1.15. The molecule has 25 heavy (non-hydrogen) atoms. The third-order valence-electron chi connectivity index (χ3n) is 4.34. The highest BCUT2D eigenvalue weighted by molar-refractivity contribution is 5.89. The van der Waals surface area contributed by atoms with Crippen LogP contribution in [-0.4, -0.2) is 40.1 Å². The van der Waals surface area contributed by atoms with E-state index in [9.17, 15) is 19.5 Å². The van der Waals surface area contributed by atoms with Gasteiger partial charge >= 0.3 is 11.9 Å². The molecule has 2 atom stereocenters. The summed E-state index contributed by atoms with van der Waals surface area (Å²) in [6.07, 6.45) is 0.640. The molecule has 0 heterocycles. The van der Waals surface area contributed by atoms with E-state index in [1.54, 1.807) is 0 Å². The molecule has 0 saturated heterocycles. The maximum absolute atomic E-state index is 12.1. The molecule has 134 valence electrons. The lowest BCUT2D eigenvalue weighted by Gasteiger charge is -2.19. The van der Waals surface area contributed by atoms with E-state index < -0.39 is 29.9 Å². The molecule has 2 rings (SSSR count). The number of amides is 1. The van der Waals surface area contributed by atoms with E-state index >= 15 is 0 Å². The predicted octanol–water partition coefficient (Wildman–Crippen LogP) is 1.17. The number of carbonyl (C=O) groups is 3. The highest BCUT2D eigenvalue weighted by Crippen LogP contribution is 2.35. The van der Waals surface area contributed by atoms with Crippen LogP contribution in [0.5, 0.6) is 0 Å². The van der Waals surface area contributed by atoms with Gasteiger partial charge in [-0.1, -0.05) is 29.8 Å². The van der Waals surface area contributed by atoms with Crippen molar-refractivity contribution in [1.29, 1.82) is 0 Å². The number of nitrogens with one attached hydrogen (secondary N) is 1. The Balaban J connectivity index is 2.07. The van der Waals surface area contributed by atoms with Gasteiger partial charge < -0.3 is 21.3 Å². The number of rotatable bonds is 8. The summed E-state index contributed by atoms with van der Waals surface area (Å²) >= 11 is 0. The molecule has 7 heteroatoms. The van der Waals surface area contributed by atoms with Crippen LogP contribution in [-0.2, 0) is 20.8 Å². The Morgan fingerprint density at radius 3 is 2.56 bits per heavy atom. The maximum Gasteiger partial charge on any atom is 0.326 e. The van der Waals surface area contributed by atoms with Crippen molar-refractivity contribution in [1.82, 2.24) is 5.32 Å². The lowest BCUT2D eigenvalue weighted by atomic mass is 9.98. The molecule has 0 bridgehead atoms. The standard InChI is InChI=1S/C18H22N2O5/c1-10-8-11-4-2-3-5-12(11)13(10)9-15(18(24)25)20-17(23)14(19)6-7-16(21)22/h2-5,14-15H,6-9,19H2,1H3,(H,20,23)(H,21,22)(H,24,25)/t14-,15-/m0/s1. The van der Waals surface area contributed by atoms with E-state index in [2.05, 4.69) is 5.32 Å². The Bertz CT molecular complexity index is 726. The number of carboxylic acid groups (broad SMARTS) is 2. The molecule has 0 aliphatic heterocycles. The van der Waals surface area contributed by atoms with Crippen LogP contribution in [0.15, 0.2) is 29.8 Å². The smallest absolute Gasteiger partial charge is 0.326 e. The van der Waals surface area contributed by atoms with Crippen LogP contribution in [0.3, 0.4) is 0 Å². The average molecular weight is 346 g/mol. The van der Waals surface area contributed by atoms with Crippen molar-refractivity contribution in [2.45, 2.75) is 44.7 Å². The first-order valence-electron chi connectivity index (χ1n) is 8.07. The molecule has 7 nitrogen and oxygen atoms in total. The van der Waals surface area contributed by atoms with Gasteiger partial charge in [-0.15, -0.1) is 0 Å². The molecule has 1 aromatic rings. The number of aliphatic carboxylic acids is 2. The number of carboxylic acids is 2. The van der Waals surface area contributed by atoms with Crippen molar-refractivity contribution in [3.63, 3.8) is 0 Å². The van der Waals surface area contributed by atoms with E-state index in [1.165, 1.54) is 0 Å². The zero-order valence-electron chi connectivity index (χ0n) is 14.0. The number of hydrogen-bond acceptors (Lipinski definition) is 4. The van der Waals surface area contributed by atoms with Crippen LogP contribution < -0.4 is 11.1 Å². The summed E-state index contributed by atoms with van der Waals surface area (Å²) in [5.74, 6) is -2.86. The van der Waals surface area contributed by atoms with Gasteiger partial charge in [-0.25, -0.2) is 4.79 Å². The SMILES string of the molecule is CC1=C(C[C@H](NC(=O)[C@@H](N)CCC(=O)O)C(=O)O)c2ccccc2C1. The molecule has 0 aromatic heterocycles. The van der Waals surface area contributed by atoms with Gasteiger partial charge in [0.05, 0.1) is 6.04 Å². The van der Waals surface area contributed by atoms with E-state index in [-0.39, 0.29) is 19.3 Å². The number of carbonyl (C=O) groups excluding carboxylic acids is 1. The lowest BCUT2D eigenvalue weighted by Crippen LogP contribution is -2.48. The Labute approximate surface area is 145 Å². The summed E-state index contributed by atoms with van der Waals surface area (Å²) in [7, 11) is 0. The maximum atomic E-state index is 12.1. The van der Waals surface area contributed by atoms with Crippen LogP contribution in [0.25, 0.3) is 5.57 Å². The Kier molecular flexibility index (Phi) is 5.93. The van der Waals surface area contributed by atoms with Crippen molar-refractivity contribution >= 4 is 23.4 Å². The van der Waals surface area contributed by atoms with Crippen molar-refractivity contribution in [2.24, 2.45) is 5.73 Å². The molecular weight excluding hydrogens is 324 g/mol. The second-order valence-corrected chi connectivity index (χ2v) is 6.24. The highest BCUT2D eigenvalue weighted by Gasteiger charge is 2.28. The van der Waals surface area contributed by atoms with Crippen molar-refractivity contribution < 1.29 is 24.6 Å². The van der Waals surface area contributed by atoms with Crippen molar-refractivity contribution in [2.75, 3.05) is 0 Å². The number of allylic oxidation sites excluding steroid dienone is 1. The summed E-state index contributed by atoms with van der Waals surface area (Å²) < 4.78 is 0. The zero-order chi connectivity index (χ0) is 18.6. The summed E-state index contributed by atoms with van der Waals surface area (Å²) in [6.45, 7) is 1.95. The first-order chi connectivity index (χ1) is 11.8. The average Bonchev–Trinajstić information content (AvgIpc) is 2.87. The third kappa shape index (κ3) is 4.67. The molecular formula is C18H22N2O5. The van der Waals surface area contributed by atoms with Gasteiger partial charge in [-0.2, -0.15) is 0 Å². The Morgan fingerprint density at radius 1 is 1.24 bits per heavy atom. The summed E-state index contributed by atoms with van der Waals surface area (Å²) in [5, 5.41) is 20.5. The van der Waals surface area contributed by atoms with Gasteiger partial charge in [0.15, 0.2) is 0 Å². The van der Waals surface area contributed by atoms with Crippen LogP contribution >= 0.6 is 0 Å². The largest absolute Gasteiger partial charge is 0.481 e. The lowest BCUT2D eigenvalue weighted by molar-refractivity contribution is -0.142. The monoisotopic (exact) mass is 346 g/mol. The van der Waals surface area contributed by atoms with Crippen molar-refractivity contribution in [3.05, 3.63) is 41.0 Å². The van der Waals surface area contributed by atoms with Gasteiger partial charge in [0.2, 0.25) is 5.91 Å². The van der Waals surface area contributed by atoms with Gasteiger partial charge in [-0.05, 0) is 36.5 Å². The quantitative estimate of drug-likeness (QED) is 0.559. The van der Waals surface area contributed by atoms with E-state index in [1.807, 2.05) is 31.2 Å². The van der Waals surface area contributed by atoms with E-state index in [0.717, 1.165) is 28.7 Å². The number of hydrogen-bond donors (Lipinski definition) is 4. The Morgan fingerprint density at radius 2 is 1.92 bits per heavy atom. The van der Waals surface area contributed by atoms with E-state index in [0.29, 0.717) is 0 Å². The Hall–Kier alpha value is -2.67. The number of nitrogens with two attached hydrogens (primary N) is 1. The van der Waals surface area contributed by atoms with Crippen molar-refractivity contribution in [3.8, 4) is 0 Å². The second-order valence-electron chi connectivity index (χ2n) is 6.24. The fourth-order valence-corrected chi connectivity index (χ4v) is 2.97. The van der Waals surface area contributed by atoms with E-state index in [4.69, 9.17) is 10.8 Å². The van der Waals surface area contributed by atoms with Crippen LogP contribution in [0.1, 0.15) is 37.3 Å². The minimum absolute atomic E-state index is 0.0436. The summed E-state index contributed by atoms with van der Waals surface area (Å²) in [4.78, 5) is 34.2. The summed E-state index contributed by atoms with van der Waals surface area (Å²) in [6, 6.07) is 5.62. The number of benzene rings is 1. The second kappa shape index (κ2) is 7.94. The van der Waals surface area contributed by atoms with Gasteiger partial charge in [0.25, 0.3) is 0 Å². The molecule has 1 aromatic carbocycles. The fourth-order valence-electron chi connectivity index (χ4n) is 2.97. The molecule has 0 spiro atoms. The minimum Gasteiger partial charge on any atom is -0.481 e. The molecule has 1 amide bonds. The number of fused-ring (bicyclic) bond motifs is 1. The van der Waals surface area contributed by atoms with Crippen LogP contribution in [0.4, 0.5) is 0 Å². The zero-order valence-corrected chi connectivity index (χ0v) is 14.0. The highest BCUT2D eigenvalue weighted by atomic mass is 16.4. The van der Waals surface area contributed by atoms with Gasteiger partial charge in [-0.3, -0.25) is 9.59 Å². The normalized spacial score (nSPS) is 15.4. The predicted molar refractivity (Wildman–Crippen MR) is 91.8 cm³/mol.